The number of benzene rings is 1. The minimum Gasteiger partial charge on any atom is -0.449 e. The highest BCUT2D eigenvalue weighted by Gasteiger charge is 2.24. The van der Waals surface area contributed by atoms with Gasteiger partial charge >= 0.3 is 12.0 Å². The molecule has 150 valence electrons. The molecule has 0 fully saturated rings. The van der Waals surface area contributed by atoms with E-state index in [1.165, 1.54) is 13.0 Å². The monoisotopic (exact) mass is 396 g/mol. The fourth-order valence-corrected chi connectivity index (χ4v) is 2.69. The average molecular weight is 396 g/mol. The van der Waals surface area contributed by atoms with Gasteiger partial charge in [-0.25, -0.2) is 14.6 Å². The Morgan fingerprint density at radius 1 is 1.17 bits per heavy atom. The summed E-state index contributed by atoms with van der Waals surface area (Å²) in [5, 5.41) is 8.94. The molecule has 2 N–H and O–H groups in total. The summed E-state index contributed by atoms with van der Waals surface area (Å²) in [5.41, 5.74) is 2.32. The number of rotatable bonds is 5. The van der Waals surface area contributed by atoms with Crippen LogP contribution in [-0.2, 0) is 16.1 Å². The van der Waals surface area contributed by atoms with Crippen LogP contribution in [0.25, 0.3) is 11.1 Å². The fourth-order valence-electron chi connectivity index (χ4n) is 2.69. The number of nitrogens with zero attached hydrogens (tertiary/aromatic N) is 2. The number of imide groups is 1. The smallest absolute Gasteiger partial charge is 0.339 e. The molecule has 2 aromatic heterocycles. The molecule has 0 aliphatic carbocycles. The van der Waals surface area contributed by atoms with Gasteiger partial charge in [0.1, 0.15) is 0 Å². The van der Waals surface area contributed by atoms with E-state index < -0.39 is 24.0 Å². The summed E-state index contributed by atoms with van der Waals surface area (Å²) in [6, 6.07) is 10.1. The van der Waals surface area contributed by atoms with Crippen molar-refractivity contribution in [3.63, 3.8) is 0 Å². The minimum absolute atomic E-state index is 0.194. The van der Waals surface area contributed by atoms with E-state index in [-0.39, 0.29) is 17.8 Å². The van der Waals surface area contributed by atoms with Gasteiger partial charge in [0.15, 0.2) is 6.10 Å². The lowest BCUT2D eigenvalue weighted by atomic mass is 10.1. The Hall–Kier alpha value is -3.75. The van der Waals surface area contributed by atoms with Crippen LogP contribution >= 0.6 is 0 Å². The van der Waals surface area contributed by atoms with Crippen molar-refractivity contribution < 1.29 is 23.6 Å². The number of carbonyl (C=O) groups is 3. The summed E-state index contributed by atoms with van der Waals surface area (Å²) >= 11 is 0. The molecule has 2 heterocycles. The summed E-state index contributed by atoms with van der Waals surface area (Å²) in [6.07, 6.45) is -1.19. The van der Waals surface area contributed by atoms with Crippen molar-refractivity contribution in [2.24, 2.45) is 0 Å². The van der Waals surface area contributed by atoms with Gasteiger partial charge in [-0.3, -0.25) is 10.1 Å². The molecule has 0 saturated carbocycles. The van der Waals surface area contributed by atoms with Gasteiger partial charge in [0.2, 0.25) is 0 Å². The maximum atomic E-state index is 12.6. The average Bonchev–Trinajstić information content (AvgIpc) is 3.06. The number of hydrogen-bond acceptors (Lipinski definition) is 7. The first-order valence-corrected chi connectivity index (χ1v) is 8.92. The van der Waals surface area contributed by atoms with Crippen molar-refractivity contribution in [1.82, 2.24) is 20.8 Å². The molecule has 3 amide bonds. The van der Waals surface area contributed by atoms with Gasteiger partial charge in [-0.1, -0.05) is 35.5 Å². The standard InChI is InChI=1S/C20H20N4O5/c1-11-9-15(16-12(2)24-29-18(16)22-11)19(26)28-13(3)17(25)23-20(27)21-10-14-7-5-4-6-8-14/h4-9,13H,10H2,1-3H3,(H2,21,23,25,27)/t13-/m1/s1. The van der Waals surface area contributed by atoms with Gasteiger partial charge in [-0.2, -0.15) is 0 Å². The lowest BCUT2D eigenvalue weighted by Crippen LogP contribution is -2.44. The number of amides is 3. The largest absolute Gasteiger partial charge is 0.449 e. The number of carbonyl (C=O) groups excluding carboxylic acids is 3. The quantitative estimate of drug-likeness (QED) is 0.635. The zero-order valence-corrected chi connectivity index (χ0v) is 16.2. The Morgan fingerprint density at radius 2 is 1.90 bits per heavy atom. The van der Waals surface area contributed by atoms with Crippen molar-refractivity contribution >= 4 is 29.0 Å². The summed E-state index contributed by atoms with van der Waals surface area (Å²) in [4.78, 5) is 40.8. The Kier molecular flexibility index (Phi) is 5.87. The lowest BCUT2D eigenvalue weighted by molar-refractivity contribution is -0.127. The molecule has 0 aliphatic heterocycles. The van der Waals surface area contributed by atoms with Crippen molar-refractivity contribution in [1.29, 1.82) is 0 Å². The molecule has 3 rings (SSSR count). The number of aromatic nitrogens is 2. The molecule has 1 aromatic carbocycles. The topological polar surface area (TPSA) is 123 Å². The van der Waals surface area contributed by atoms with Crippen LogP contribution in [0.5, 0.6) is 0 Å². The Labute approximate surface area is 166 Å². The zero-order valence-electron chi connectivity index (χ0n) is 16.2. The first-order valence-electron chi connectivity index (χ1n) is 8.92. The molecule has 3 aromatic rings. The highest BCUT2D eigenvalue weighted by atomic mass is 16.5. The number of aryl methyl sites for hydroxylation is 2. The molecular formula is C20H20N4O5. The number of fused-ring (bicyclic) bond motifs is 1. The summed E-state index contributed by atoms with van der Waals surface area (Å²) < 4.78 is 10.3. The van der Waals surface area contributed by atoms with E-state index in [0.29, 0.717) is 16.8 Å². The normalized spacial score (nSPS) is 11.7. The molecule has 0 saturated heterocycles. The summed E-state index contributed by atoms with van der Waals surface area (Å²) in [6.45, 7) is 5.01. The Morgan fingerprint density at radius 3 is 2.62 bits per heavy atom. The predicted molar refractivity (Wildman–Crippen MR) is 103 cm³/mol. The third kappa shape index (κ3) is 4.75. The fraction of sp³-hybridized carbons (Fsp3) is 0.250. The Balaban J connectivity index is 1.60. The van der Waals surface area contributed by atoms with Crippen LogP contribution in [0.2, 0.25) is 0 Å². The molecular weight excluding hydrogens is 376 g/mol. The van der Waals surface area contributed by atoms with E-state index in [1.807, 2.05) is 30.3 Å². The van der Waals surface area contributed by atoms with Crippen molar-refractivity contribution in [2.75, 3.05) is 0 Å². The third-order valence-electron chi connectivity index (χ3n) is 4.15. The maximum absolute atomic E-state index is 12.6. The van der Waals surface area contributed by atoms with Crippen LogP contribution in [0.4, 0.5) is 4.79 Å². The second-order valence-electron chi connectivity index (χ2n) is 6.46. The SMILES string of the molecule is Cc1cc(C(=O)O[C@H](C)C(=O)NC(=O)NCc2ccccc2)c2c(C)noc2n1. The molecule has 0 aliphatic rings. The van der Waals surface area contributed by atoms with Crippen molar-refractivity contribution in [3.05, 3.63) is 58.9 Å². The van der Waals surface area contributed by atoms with E-state index >= 15 is 0 Å². The second kappa shape index (κ2) is 8.51. The van der Waals surface area contributed by atoms with Gasteiger partial charge < -0.3 is 14.6 Å². The highest BCUT2D eigenvalue weighted by Crippen LogP contribution is 2.22. The number of urea groups is 1. The van der Waals surface area contributed by atoms with Gasteiger partial charge in [0.25, 0.3) is 11.6 Å². The van der Waals surface area contributed by atoms with E-state index in [4.69, 9.17) is 9.26 Å². The van der Waals surface area contributed by atoms with E-state index in [9.17, 15) is 14.4 Å². The van der Waals surface area contributed by atoms with Crippen LogP contribution in [-0.4, -0.2) is 34.2 Å². The van der Waals surface area contributed by atoms with Gasteiger partial charge in [-0.05, 0) is 32.4 Å². The maximum Gasteiger partial charge on any atom is 0.339 e. The van der Waals surface area contributed by atoms with E-state index in [2.05, 4.69) is 20.8 Å². The highest BCUT2D eigenvalue weighted by molar-refractivity contribution is 6.04. The van der Waals surface area contributed by atoms with Crippen LogP contribution in [0.3, 0.4) is 0 Å². The zero-order chi connectivity index (χ0) is 21.0. The molecule has 1 atom stereocenters. The second-order valence-corrected chi connectivity index (χ2v) is 6.46. The van der Waals surface area contributed by atoms with E-state index in [0.717, 1.165) is 5.56 Å². The van der Waals surface area contributed by atoms with Crippen LogP contribution in [0, 0.1) is 13.8 Å². The minimum atomic E-state index is -1.19. The molecule has 0 spiro atoms. The molecule has 0 bridgehead atoms. The van der Waals surface area contributed by atoms with Crippen LogP contribution in [0.15, 0.2) is 40.9 Å². The van der Waals surface area contributed by atoms with Crippen molar-refractivity contribution in [3.8, 4) is 0 Å². The number of nitrogens with one attached hydrogen (secondary N) is 2. The van der Waals surface area contributed by atoms with E-state index in [1.54, 1.807) is 13.8 Å². The molecule has 9 heteroatoms. The predicted octanol–water partition coefficient (Wildman–Crippen LogP) is 2.41. The van der Waals surface area contributed by atoms with Crippen molar-refractivity contribution in [2.45, 2.75) is 33.4 Å². The number of hydrogen-bond donors (Lipinski definition) is 2. The Bertz CT molecular complexity index is 1060. The number of esters is 1. The number of ether oxygens (including phenoxy) is 1. The number of pyridine rings is 1. The summed E-state index contributed by atoms with van der Waals surface area (Å²) in [5.74, 6) is -1.48. The van der Waals surface area contributed by atoms with Gasteiger partial charge in [-0.15, -0.1) is 0 Å². The molecule has 0 unspecified atom stereocenters. The summed E-state index contributed by atoms with van der Waals surface area (Å²) in [7, 11) is 0. The van der Waals surface area contributed by atoms with Crippen LogP contribution < -0.4 is 10.6 Å². The third-order valence-corrected chi connectivity index (χ3v) is 4.15. The molecule has 9 nitrogen and oxygen atoms in total. The first-order chi connectivity index (χ1) is 13.8. The van der Waals surface area contributed by atoms with Gasteiger partial charge in [0.05, 0.1) is 16.6 Å². The first kappa shape index (κ1) is 20.0. The lowest BCUT2D eigenvalue weighted by Gasteiger charge is -2.14. The molecule has 0 radical (unpaired) electrons. The van der Waals surface area contributed by atoms with Crippen LogP contribution in [0.1, 0.15) is 34.2 Å². The van der Waals surface area contributed by atoms with Gasteiger partial charge in [0, 0.05) is 12.2 Å². The molecule has 29 heavy (non-hydrogen) atoms.